The maximum atomic E-state index is 12.1. The molecule has 0 spiro atoms. The number of carbonyl (C=O) groups is 1. The van der Waals surface area contributed by atoms with Crippen LogP contribution in [0.2, 0.25) is 0 Å². The Morgan fingerprint density at radius 2 is 2.05 bits per heavy atom. The predicted octanol–water partition coefficient (Wildman–Crippen LogP) is 3.47. The number of rotatable bonds is 0. The van der Waals surface area contributed by atoms with Gasteiger partial charge in [0.25, 0.3) is 0 Å². The van der Waals surface area contributed by atoms with Crippen molar-refractivity contribution in [3.8, 4) is 6.07 Å². The molecule has 1 heterocycles. The summed E-state index contributed by atoms with van der Waals surface area (Å²) in [5.41, 5.74) is 1.19. The van der Waals surface area contributed by atoms with Crippen LogP contribution in [0, 0.1) is 11.3 Å². The summed E-state index contributed by atoms with van der Waals surface area (Å²) >= 11 is 0. The number of nitriles is 1. The Balaban J connectivity index is 2.31. The van der Waals surface area contributed by atoms with Gasteiger partial charge >= 0.3 is 6.09 Å². The van der Waals surface area contributed by atoms with Gasteiger partial charge in [-0.1, -0.05) is 24.3 Å². The van der Waals surface area contributed by atoms with Crippen LogP contribution in [0.25, 0.3) is 6.08 Å². The van der Waals surface area contributed by atoms with Gasteiger partial charge in [0.1, 0.15) is 5.60 Å². The zero-order valence-corrected chi connectivity index (χ0v) is 11.3. The fraction of sp³-hybridized carbons (Fsp3) is 0.333. The van der Waals surface area contributed by atoms with Crippen molar-refractivity contribution >= 4 is 12.2 Å². The molecule has 4 nitrogen and oxygen atoms in total. The highest BCUT2D eigenvalue weighted by molar-refractivity contribution is 5.74. The SMILES string of the molecule is CC(C)(C)OC(=O)N1C=Cc2ccccc2C1C#N. The van der Waals surface area contributed by atoms with Gasteiger partial charge in [-0.2, -0.15) is 5.26 Å². The summed E-state index contributed by atoms with van der Waals surface area (Å²) in [6, 6.07) is 9.04. The summed E-state index contributed by atoms with van der Waals surface area (Å²) < 4.78 is 5.31. The summed E-state index contributed by atoms with van der Waals surface area (Å²) in [5, 5.41) is 9.32. The van der Waals surface area contributed by atoms with E-state index in [1.165, 1.54) is 4.90 Å². The van der Waals surface area contributed by atoms with Crippen LogP contribution in [0.1, 0.15) is 37.9 Å². The molecular weight excluding hydrogens is 240 g/mol. The molecule has 19 heavy (non-hydrogen) atoms. The molecule has 4 heteroatoms. The molecule has 0 radical (unpaired) electrons. The van der Waals surface area contributed by atoms with Gasteiger partial charge in [-0.3, -0.25) is 4.90 Å². The minimum atomic E-state index is -0.643. The number of hydrogen-bond donors (Lipinski definition) is 0. The second kappa shape index (κ2) is 4.77. The number of fused-ring (bicyclic) bond motifs is 1. The summed E-state index contributed by atoms with van der Waals surface area (Å²) in [6.45, 7) is 5.40. The van der Waals surface area contributed by atoms with E-state index in [0.717, 1.165) is 11.1 Å². The smallest absolute Gasteiger partial charge is 0.415 e. The maximum absolute atomic E-state index is 12.1. The Morgan fingerprint density at radius 3 is 2.68 bits per heavy atom. The van der Waals surface area contributed by atoms with E-state index >= 15 is 0 Å². The molecule has 0 aliphatic carbocycles. The van der Waals surface area contributed by atoms with Crippen LogP contribution in [-0.2, 0) is 4.74 Å². The van der Waals surface area contributed by atoms with Gasteiger partial charge in [0.15, 0.2) is 6.04 Å². The monoisotopic (exact) mass is 256 g/mol. The van der Waals surface area contributed by atoms with E-state index in [4.69, 9.17) is 4.74 Å². The number of amides is 1. The van der Waals surface area contributed by atoms with E-state index in [2.05, 4.69) is 6.07 Å². The molecular formula is C15H16N2O2. The number of ether oxygens (including phenoxy) is 1. The average Bonchev–Trinajstić information content (AvgIpc) is 2.35. The zero-order valence-electron chi connectivity index (χ0n) is 11.3. The predicted molar refractivity (Wildman–Crippen MR) is 71.9 cm³/mol. The van der Waals surface area contributed by atoms with Crippen LogP contribution in [0.4, 0.5) is 4.79 Å². The number of nitrogens with zero attached hydrogens (tertiary/aromatic N) is 2. The molecule has 1 aliphatic rings. The molecule has 2 rings (SSSR count). The number of benzene rings is 1. The van der Waals surface area contributed by atoms with Gasteiger partial charge in [-0.25, -0.2) is 4.79 Å². The number of hydrogen-bond acceptors (Lipinski definition) is 3. The van der Waals surface area contributed by atoms with Crippen LogP contribution in [0.3, 0.4) is 0 Å². The Morgan fingerprint density at radius 1 is 1.37 bits per heavy atom. The standard InChI is InChI=1S/C15H16N2O2/c1-15(2,3)19-14(18)17-9-8-11-6-4-5-7-12(11)13(17)10-16/h4-9,13H,1-3H3. The van der Waals surface area contributed by atoms with E-state index in [1.807, 2.05) is 30.3 Å². The van der Waals surface area contributed by atoms with E-state index in [-0.39, 0.29) is 0 Å². The first-order valence-corrected chi connectivity index (χ1v) is 6.10. The second-order valence-corrected chi connectivity index (χ2v) is 5.36. The normalized spacial score (nSPS) is 17.6. The molecule has 1 aromatic carbocycles. The first-order chi connectivity index (χ1) is 8.92. The van der Waals surface area contributed by atoms with E-state index in [0.29, 0.717) is 0 Å². The Hall–Kier alpha value is -2.28. The Bertz CT molecular complexity index is 564. The highest BCUT2D eigenvalue weighted by atomic mass is 16.6. The molecule has 1 unspecified atom stereocenters. The topological polar surface area (TPSA) is 53.3 Å². The molecule has 98 valence electrons. The first-order valence-electron chi connectivity index (χ1n) is 6.10. The van der Waals surface area contributed by atoms with Crippen molar-refractivity contribution in [2.75, 3.05) is 0 Å². The fourth-order valence-corrected chi connectivity index (χ4v) is 1.92. The van der Waals surface area contributed by atoms with Crippen molar-refractivity contribution < 1.29 is 9.53 Å². The van der Waals surface area contributed by atoms with Crippen molar-refractivity contribution in [1.29, 1.82) is 5.26 Å². The lowest BCUT2D eigenvalue weighted by Gasteiger charge is -2.30. The fourth-order valence-electron chi connectivity index (χ4n) is 1.92. The third-order valence-corrected chi connectivity index (χ3v) is 2.71. The van der Waals surface area contributed by atoms with Crippen LogP contribution < -0.4 is 0 Å². The van der Waals surface area contributed by atoms with Gasteiger partial charge in [0.2, 0.25) is 0 Å². The van der Waals surface area contributed by atoms with Crippen LogP contribution in [0.15, 0.2) is 30.5 Å². The van der Waals surface area contributed by atoms with Crippen LogP contribution in [0.5, 0.6) is 0 Å². The summed E-state index contributed by atoms with van der Waals surface area (Å²) in [7, 11) is 0. The van der Waals surface area contributed by atoms with E-state index < -0.39 is 17.7 Å². The highest BCUT2D eigenvalue weighted by Crippen LogP contribution is 2.30. The third kappa shape index (κ3) is 2.76. The molecule has 1 aromatic rings. The average molecular weight is 256 g/mol. The molecule has 1 atom stereocenters. The molecule has 1 aliphatic heterocycles. The van der Waals surface area contributed by atoms with Crippen LogP contribution >= 0.6 is 0 Å². The van der Waals surface area contributed by atoms with Crippen molar-refractivity contribution in [2.45, 2.75) is 32.4 Å². The molecule has 0 aromatic heterocycles. The van der Waals surface area contributed by atoms with Crippen LogP contribution in [-0.4, -0.2) is 16.6 Å². The van der Waals surface area contributed by atoms with Gasteiger partial charge in [-0.15, -0.1) is 0 Å². The van der Waals surface area contributed by atoms with E-state index in [1.54, 1.807) is 27.0 Å². The lowest BCUT2D eigenvalue weighted by Crippen LogP contribution is -2.36. The lowest BCUT2D eigenvalue weighted by molar-refractivity contribution is 0.0299. The van der Waals surface area contributed by atoms with Crippen molar-refractivity contribution in [1.82, 2.24) is 4.90 Å². The second-order valence-electron chi connectivity index (χ2n) is 5.36. The van der Waals surface area contributed by atoms with Crippen molar-refractivity contribution in [3.63, 3.8) is 0 Å². The van der Waals surface area contributed by atoms with Gasteiger partial charge in [0.05, 0.1) is 6.07 Å². The Kier molecular flexibility index (Phi) is 3.30. The Labute approximate surface area is 112 Å². The summed E-state index contributed by atoms with van der Waals surface area (Å²) in [4.78, 5) is 13.4. The minimum Gasteiger partial charge on any atom is -0.443 e. The summed E-state index contributed by atoms with van der Waals surface area (Å²) in [6.07, 6.45) is 2.90. The third-order valence-electron chi connectivity index (χ3n) is 2.71. The molecule has 1 amide bonds. The first kappa shape index (κ1) is 13.2. The van der Waals surface area contributed by atoms with Crippen molar-refractivity contribution in [3.05, 3.63) is 41.6 Å². The quantitative estimate of drug-likeness (QED) is 0.714. The molecule has 0 bridgehead atoms. The van der Waals surface area contributed by atoms with Crippen molar-refractivity contribution in [2.24, 2.45) is 0 Å². The molecule has 0 saturated heterocycles. The van der Waals surface area contributed by atoms with Gasteiger partial charge in [-0.05, 0) is 38.0 Å². The molecule has 0 N–H and O–H groups in total. The zero-order chi connectivity index (χ0) is 14.0. The summed E-state index contributed by atoms with van der Waals surface area (Å²) in [5.74, 6) is 0. The van der Waals surface area contributed by atoms with E-state index in [9.17, 15) is 10.1 Å². The van der Waals surface area contributed by atoms with Gasteiger partial charge in [0, 0.05) is 6.20 Å². The highest BCUT2D eigenvalue weighted by Gasteiger charge is 2.31. The number of carbonyl (C=O) groups excluding carboxylic acids is 1. The molecule has 0 fully saturated rings. The minimum absolute atomic E-state index is 0.509. The lowest BCUT2D eigenvalue weighted by atomic mass is 9.97. The van der Waals surface area contributed by atoms with Gasteiger partial charge < -0.3 is 4.74 Å². The molecule has 0 saturated carbocycles. The maximum Gasteiger partial charge on any atom is 0.415 e. The largest absolute Gasteiger partial charge is 0.443 e.